The van der Waals surface area contributed by atoms with Crippen LogP contribution in [0.5, 0.6) is 5.75 Å². The van der Waals surface area contributed by atoms with E-state index in [1.165, 1.54) is 24.3 Å². The Balaban J connectivity index is 0.835. The van der Waals surface area contributed by atoms with Gasteiger partial charge in [0.15, 0.2) is 6.10 Å². The van der Waals surface area contributed by atoms with Gasteiger partial charge in [-0.3, -0.25) is 23.5 Å². The number of hydrogen-bond donors (Lipinski definition) is 4. The van der Waals surface area contributed by atoms with Crippen LogP contribution in [0.4, 0.5) is 31.5 Å². The number of rotatable bonds is 22. The fourth-order valence-electron chi connectivity index (χ4n) is 14.9. The molecule has 1 aromatic carbocycles. The van der Waals surface area contributed by atoms with Crippen molar-refractivity contribution < 1.29 is 78.9 Å². The second-order valence-electron chi connectivity index (χ2n) is 26.0. The lowest BCUT2D eigenvalue weighted by molar-refractivity contribution is -0.284. The van der Waals surface area contributed by atoms with Gasteiger partial charge in [-0.25, -0.2) is 9.59 Å². The molecule has 0 radical (unpaired) electrons. The van der Waals surface area contributed by atoms with Crippen LogP contribution in [-0.4, -0.2) is 156 Å². The lowest BCUT2D eigenvalue weighted by Crippen LogP contribution is -2.51. The van der Waals surface area contributed by atoms with E-state index in [1.807, 2.05) is 26.0 Å². The number of piperazine rings is 1. The molecule has 4 bridgehead atoms. The van der Waals surface area contributed by atoms with Gasteiger partial charge in [0.05, 0.1) is 23.6 Å². The van der Waals surface area contributed by atoms with Crippen LogP contribution < -0.4 is 21.1 Å². The van der Waals surface area contributed by atoms with Crippen molar-refractivity contribution >= 4 is 40.5 Å². The number of Topliss-reactive ketones (excluding diaryl/α,β-unsaturated/α-hetero) is 1. The van der Waals surface area contributed by atoms with Crippen molar-refractivity contribution in [3.05, 3.63) is 88.0 Å². The van der Waals surface area contributed by atoms with Crippen molar-refractivity contribution in [1.82, 2.24) is 20.4 Å². The quantitative estimate of drug-likeness (QED) is 0.0482. The van der Waals surface area contributed by atoms with E-state index in [1.54, 1.807) is 31.1 Å². The minimum absolute atomic E-state index is 0.109. The van der Waals surface area contributed by atoms with E-state index in [4.69, 9.17) is 29.4 Å². The van der Waals surface area contributed by atoms with Crippen LogP contribution in [0, 0.1) is 35.0 Å². The zero-order chi connectivity index (χ0) is 64.4. The number of ether oxygens (including phenoxy) is 5. The van der Waals surface area contributed by atoms with Crippen LogP contribution in [-0.2, 0) is 50.6 Å². The number of alkyl halides is 5. The van der Waals surface area contributed by atoms with Gasteiger partial charge in [-0.2, -0.15) is 22.0 Å². The zero-order valence-electron chi connectivity index (χ0n) is 52.4. The molecule has 4 aliphatic carbocycles. The second-order valence-corrected chi connectivity index (χ2v) is 27.7. The van der Waals surface area contributed by atoms with Crippen molar-refractivity contribution in [3.63, 3.8) is 0 Å². The molecule has 1 aromatic rings. The van der Waals surface area contributed by atoms with Gasteiger partial charge in [-0.05, 0) is 135 Å². The second kappa shape index (κ2) is 30.8. The van der Waals surface area contributed by atoms with Crippen LogP contribution in [0.15, 0.2) is 76.9 Å². The first-order valence-corrected chi connectivity index (χ1v) is 33.4. The number of halogens is 5. The van der Waals surface area contributed by atoms with Gasteiger partial charge < -0.3 is 50.1 Å². The molecule has 1 saturated heterocycles. The lowest BCUT2D eigenvalue weighted by Gasteiger charge is -2.53. The summed E-state index contributed by atoms with van der Waals surface area (Å²) in [6.07, 6.45) is 8.38. The number of carbonyl (C=O) groups is 5. The monoisotopic (exact) mass is 1270 g/mol. The summed E-state index contributed by atoms with van der Waals surface area (Å²) in [6, 6.07) is 6.12. The molecule has 23 heteroatoms. The average Bonchev–Trinajstić information content (AvgIpc) is 1.72. The predicted molar refractivity (Wildman–Crippen MR) is 326 cm³/mol. The summed E-state index contributed by atoms with van der Waals surface area (Å²) in [5.74, 6) is -4.13. The Morgan fingerprint density at radius 3 is 2.34 bits per heavy atom. The summed E-state index contributed by atoms with van der Waals surface area (Å²) in [5, 5.41) is 17.2. The molecule has 3 amide bonds. The third-order valence-corrected chi connectivity index (χ3v) is 21.4. The first kappa shape index (κ1) is 69.4. The summed E-state index contributed by atoms with van der Waals surface area (Å²) in [4.78, 5) is 71.6. The molecule has 3 aliphatic heterocycles. The van der Waals surface area contributed by atoms with Gasteiger partial charge in [-0.15, -0.1) is 0 Å². The zero-order valence-corrected chi connectivity index (χ0v) is 53.2. The number of ketones is 2. The largest absolute Gasteiger partial charge is 0.488 e. The molecule has 1 unspecified atom stereocenters. The molecule has 3 heterocycles. The highest BCUT2D eigenvalue weighted by Crippen LogP contribution is 2.63. The summed E-state index contributed by atoms with van der Waals surface area (Å²) in [6.45, 7) is 10.5. The number of hydrogen-bond acceptors (Lipinski definition) is 14. The average molecular weight is 1270 g/mol. The minimum Gasteiger partial charge on any atom is -0.488 e. The maximum atomic E-state index is 14.4. The van der Waals surface area contributed by atoms with Gasteiger partial charge in [-0.1, -0.05) is 83.6 Å². The normalized spacial score (nSPS) is 30.9. The van der Waals surface area contributed by atoms with Crippen LogP contribution in [0.1, 0.15) is 147 Å². The van der Waals surface area contributed by atoms with E-state index in [-0.39, 0.29) is 58.1 Å². The van der Waals surface area contributed by atoms with Crippen LogP contribution in [0.2, 0.25) is 0 Å². The van der Waals surface area contributed by atoms with E-state index < -0.39 is 89.8 Å². The Hall–Kier alpha value is -5.49. The minimum atomic E-state index is -5.59. The number of unbranched alkanes of at least 4 members (excludes halogenated alkanes) is 6. The van der Waals surface area contributed by atoms with Crippen molar-refractivity contribution in [2.75, 3.05) is 65.0 Å². The topological polar surface area (TPSA) is 225 Å². The maximum absolute atomic E-state index is 14.4. The fourth-order valence-corrected chi connectivity index (χ4v) is 16.1. The van der Waals surface area contributed by atoms with Crippen molar-refractivity contribution in [3.8, 4) is 5.75 Å². The highest BCUT2D eigenvalue weighted by Gasteiger charge is 2.58. The third kappa shape index (κ3) is 17.2. The molecule has 494 valence electrons. The summed E-state index contributed by atoms with van der Waals surface area (Å²) >= 11 is 0. The number of allylic oxidation sites excluding steroid dienone is 4. The molecule has 2 saturated carbocycles. The predicted octanol–water partition coefficient (Wildman–Crippen LogP) is 10.4. The number of nitrogens with zero attached hydrogens (tertiary/aromatic N) is 2. The van der Waals surface area contributed by atoms with Crippen LogP contribution in [0.3, 0.4) is 0 Å². The van der Waals surface area contributed by atoms with E-state index in [9.17, 15) is 55.2 Å². The molecular weight excluding hydrogens is 1180 g/mol. The Morgan fingerprint density at radius 1 is 0.933 bits per heavy atom. The van der Waals surface area contributed by atoms with Gasteiger partial charge in [0.25, 0.3) is 5.91 Å². The lowest BCUT2D eigenvalue weighted by atomic mass is 9.52. The van der Waals surface area contributed by atoms with Gasteiger partial charge in [0, 0.05) is 105 Å². The first-order chi connectivity index (χ1) is 42.3. The number of methoxy groups -OCH3 is 2. The highest BCUT2D eigenvalue weighted by atomic mass is 32.2. The Bertz CT molecular complexity index is 2890. The van der Waals surface area contributed by atoms with Crippen molar-refractivity contribution in [2.24, 2.45) is 40.7 Å². The number of aliphatic hydroxyl groups excluding tert-OH is 1. The highest BCUT2D eigenvalue weighted by molar-refractivity contribution is 7.84. The smallest absolute Gasteiger partial charge is 0.453 e. The number of amides is 3. The van der Waals surface area contributed by atoms with E-state index in [2.05, 4.69) is 34.6 Å². The summed E-state index contributed by atoms with van der Waals surface area (Å²) in [5.41, 5.74) is 8.36. The molecule has 3 fully saturated rings. The maximum Gasteiger partial charge on any atom is 0.453 e. The van der Waals surface area contributed by atoms with Gasteiger partial charge in [0.2, 0.25) is 11.6 Å². The number of carbonyl (C=O) groups excluding carboxylic acids is 5. The van der Waals surface area contributed by atoms with Crippen molar-refractivity contribution in [1.29, 1.82) is 0 Å². The van der Waals surface area contributed by atoms with Crippen molar-refractivity contribution in [2.45, 2.75) is 185 Å². The van der Waals surface area contributed by atoms with E-state index >= 15 is 0 Å². The number of benzene rings is 1. The molecule has 17 nitrogen and oxygen atoms in total. The molecule has 7 aliphatic rings. The number of nitrogens with one attached hydrogen (secondary N) is 2. The fraction of sp³-hybridized carbons (Fsp3) is 0.682. The number of aliphatic hydroxyl groups is 1. The summed E-state index contributed by atoms with van der Waals surface area (Å²) in [7, 11) is 1.58. The SMILES string of the molecule is CO[C@H]1/C=C\C=C(/C)C(=O)NC2=CC(=O)C(NCCN3CCN(C(=O)Oc4ccc5c(c4)C[C@@H](CCCCCCCCCS(=O)CCCC(F)(F)C(F)(F)F)[C@@H]4[C@@H]5CC[C@]5(C)[C@@H](O)CC[C@@H]45)CC3)=C(C[C@@H](C)C[C@H](OC)[C@H]3OC(=C[C@@H]3C)[C@@H]1OC(N)=O)C2=O. The Morgan fingerprint density at radius 2 is 1.64 bits per heavy atom. The summed E-state index contributed by atoms with van der Waals surface area (Å²) < 4.78 is 106. The molecule has 5 N–H and O–H groups in total. The van der Waals surface area contributed by atoms with E-state index in [0.717, 1.165) is 83.1 Å². The molecule has 0 spiro atoms. The molecule has 13 atom stereocenters. The van der Waals surface area contributed by atoms with Crippen LogP contribution >= 0.6 is 0 Å². The number of primary amides is 1. The van der Waals surface area contributed by atoms with Crippen LogP contribution in [0.25, 0.3) is 0 Å². The first-order valence-electron chi connectivity index (χ1n) is 32.0. The molecular formula is C66H92F5N5O12S. The van der Waals surface area contributed by atoms with E-state index in [0.29, 0.717) is 93.0 Å². The standard InChI is InChI=1S/C66H92F5N5O12S/c1-40-34-48-57(51(77)39-50(58(48)79)74-61(80)41(2)16-14-18-52(84-5)60(88-62(72)81)54-36-42(3)59(87-54)53(35-40)85-6)73-26-27-75-28-30-76(31-29-75)63(82)86-45-19-20-46-44(38-45)37-43(56-47(46)23-25-64(4)49(56)21-22-55(64)78)17-12-10-8-7-9-11-13-32-89(83)33-15-24-65(67,68)66(69,70)71/h14,16,18-20,36,38-40,42-43,47,49,52-53,55-56,59-60,73,78H,7-13,15,17,21-35,37H2,1-6H3,(H2,72,81)(H,74,80)/b18-14-,41-16+/t40-,42+,43-,47-,49+,52+,53+,55+,56-,59+,60-,64+,89?/m1/s1. The molecule has 8 rings (SSSR count). The number of nitrogens with two attached hydrogens (primary N) is 1. The van der Waals surface area contributed by atoms with Gasteiger partial charge >= 0.3 is 24.3 Å². The Labute approximate surface area is 522 Å². The Kier molecular flexibility index (Phi) is 24.0. The van der Waals surface area contributed by atoms with Gasteiger partial charge in [0.1, 0.15) is 23.7 Å². The third-order valence-electron chi connectivity index (χ3n) is 19.9. The molecule has 0 aromatic heterocycles. The molecule has 89 heavy (non-hydrogen) atoms. The number of fused-ring (bicyclic) bond motifs is 9.